The van der Waals surface area contributed by atoms with Gasteiger partial charge in [-0.15, -0.1) is 0 Å². The normalized spacial score (nSPS) is 13.4. The van der Waals surface area contributed by atoms with E-state index in [-0.39, 0.29) is 23.0 Å². The zero-order chi connectivity index (χ0) is 19.6. The molecule has 0 radical (unpaired) electrons. The van der Waals surface area contributed by atoms with Crippen LogP contribution in [0.4, 0.5) is 10.1 Å². The van der Waals surface area contributed by atoms with E-state index < -0.39 is 5.82 Å². The van der Waals surface area contributed by atoms with E-state index >= 15 is 0 Å². The van der Waals surface area contributed by atoms with Gasteiger partial charge in [0.15, 0.2) is 6.04 Å². The van der Waals surface area contributed by atoms with Crippen LogP contribution < -0.4 is 10.6 Å². The highest BCUT2D eigenvalue weighted by atomic mass is 35.5. The topological polar surface area (TPSA) is 45.7 Å². The highest BCUT2D eigenvalue weighted by Crippen LogP contribution is 2.27. The fraction of sp³-hybridized carbons (Fsp3) is 0.350. The van der Waals surface area contributed by atoms with Gasteiger partial charge in [0.25, 0.3) is 5.91 Å². The van der Waals surface area contributed by atoms with E-state index in [0.29, 0.717) is 10.6 Å². The van der Waals surface area contributed by atoms with Crippen molar-refractivity contribution in [2.45, 2.75) is 46.7 Å². The van der Waals surface area contributed by atoms with Gasteiger partial charge in [0.2, 0.25) is 0 Å². The molecule has 140 valence electrons. The van der Waals surface area contributed by atoms with Gasteiger partial charge in [0.05, 0.1) is 10.0 Å². The summed E-state index contributed by atoms with van der Waals surface area (Å²) in [5, 5.41) is 5.22. The number of anilines is 1. The lowest BCUT2D eigenvalue weighted by atomic mass is 10.0. The van der Waals surface area contributed by atoms with Crippen LogP contribution in [0.2, 0.25) is 10.0 Å². The highest BCUT2D eigenvalue weighted by molar-refractivity contribution is 6.35. The smallest absolute Gasteiger partial charge is 0.282 e. The molecule has 0 heterocycles. The van der Waals surface area contributed by atoms with Crippen molar-refractivity contribution in [2.75, 3.05) is 5.32 Å². The number of amides is 1. The minimum absolute atomic E-state index is 0.0120. The molecule has 2 rings (SSSR count). The number of hydrogen-bond acceptors (Lipinski definition) is 1. The van der Waals surface area contributed by atoms with E-state index in [4.69, 9.17) is 23.2 Å². The summed E-state index contributed by atoms with van der Waals surface area (Å²) in [6.45, 7) is 9.66. The fourth-order valence-corrected chi connectivity index (χ4v) is 3.68. The molecule has 3 nitrogen and oxygen atoms in total. The van der Waals surface area contributed by atoms with Crippen LogP contribution >= 0.6 is 23.2 Å². The summed E-state index contributed by atoms with van der Waals surface area (Å²) in [5.74, 6) is -0.633. The zero-order valence-electron chi connectivity index (χ0n) is 15.6. The number of quaternary nitrogens is 1. The van der Waals surface area contributed by atoms with Crippen LogP contribution in [0.15, 0.2) is 24.3 Å². The maximum absolute atomic E-state index is 13.7. The lowest BCUT2D eigenvalue weighted by Gasteiger charge is -2.19. The fourth-order valence-electron chi connectivity index (χ4n) is 3.13. The SMILES string of the molecule is Cc1cc(C)c(NC(=O)[C@H](C)[NH2+][C@@H](C)c2cc(F)c(Cl)cc2Cl)c(C)c1. The second-order valence-electron chi connectivity index (χ2n) is 6.82. The van der Waals surface area contributed by atoms with Crippen molar-refractivity contribution < 1.29 is 14.5 Å². The van der Waals surface area contributed by atoms with Crippen LogP contribution in [0.5, 0.6) is 0 Å². The average Bonchev–Trinajstić information content (AvgIpc) is 2.53. The van der Waals surface area contributed by atoms with Crippen LogP contribution in [0, 0.1) is 26.6 Å². The van der Waals surface area contributed by atoms with Gasteiger partial charge in [0, 0.05) is 11.3 Å². The Morgan fingerprint density at radius 3 is 2.19 bits per heavy atom. The van der Waals surface area contributed by atoms with Crippen LogP contribution in [-0.4, -0.2) is 11.9 Å². The van der Waals surface area contributed by atoms with Crippen molar-refractivity contribution >= 4 is 34.8 Å². The van der Waals surface area contributed by atoms with E-state index in [1.165, 1.54) is 12.1 Å². The molecule has 6 heteroatoms. The first-order chi connectivity index (χ1) is 12.1. The van der Waals surface area contributed by atoms with Crippen LogP contribution in [-0.2, 0) is 4.79 Å². The molecular formula is C20H24Cl2FN2O+. The molecular weight excluding hydrogens is 374 g/mol. The number of nitrogens with one attached hydrogen (secondary N) is 1. The Bertz CT molecular complexity index is 816. The second kappa shape index (κ2) is 8.38. The summed E-state index contributed by atoms with van der Waals surface area (Å²) in [6, 6.07) is 6.22. The molecule has 3 N–H and O–H groups in total. The van der Waals surface area contributed by atoms with Crippen molar-refractivity contribution in [1.82, 2.24) is 0 Å². The number of carbonyl (C=O) groups is 1. The predicted molar refractivity (Wildman–Crippen MR) is 106 cm³/mol. The molecule has 1 amide bonds. The zero-order valence-corrected chi connectivity index (χ0v) is 17.1. The Kier molecular flexibility index (Phi) is 6.67. The van der Waals surface area contributed by atoms with E-state index in [0.717, 1.165) is 22.4 Å². The Morgan fingerprint density at radius 2 is 1.62 bits per heavy atom. The minimum atomic E-state index is -0.519. The molecule has 0 aliphatic rings. The summed E-state index contributed by atoms with van der Waals surface area (Å²) in [7, 11) is 0. The van der Waals surface area contributed by atoms with E-state index in [2.05, 4.69) is 5.32 Å². The molecule has 2 aromatic carbocycles. The largest absolute Gasteiger partial charge is 0.330 e. The Morgan fingerprint density at radius 1 is 1.04 bits per heavy atom. The van der Waals surface area contributed by atoms with Gasteiger partial charge in [-0.25, -0.2) is 4.39 Å². The first-order valence-electron chi connectivity index (χ1n) is 8.48. The van der Waals surface area contributed by atoms with Crippen molar-refractivity contribution in [1.29, 1.82) is 0 Å². The first kappa shape index (κ1) is 20.7. The number of carbonyl (C=O) groups excluding carboxylic acids is 1. The number of halogens is 3. The van der Waals surface area contributed by atoms with Crippen LogP contribution in [0.25, 0.3) is 0 Å². The summed E-state index contributed by atoms with van der Waals surface area (Å²) >= 11 is 11.9. The van der Waals surface area contributed by atoms with Gasteiger partial charge in [-0.05, 0) is 57.9 Å². The summed E-state index contributed by atoms with van der Waals surface area (Å²) in [5.41, 5.74) is 4.66. The Balaban J connectivity index is 2.11. The Hall–Kier alpha value is -1.62. The molecule has 0 bridgehead atoms. The molecule has 0 saturated heterocycles. The van der Waals surface area contributed by atoms with Gasteiger partial charge < -0.3 is 10.6 Å². The van der Waals surface area contributed by atoms with Gasteiger partial charge in [0.1, 0.15) is 11.9 Å². The van der Waals surface area contributed by atoms with Crippen molar-refractivity contribution in [3.8, 4) is 0 Å². The van der Waals surface area contributed by atoms with Gasteiger partial charge in [-0.3, -0.25) is 4.79 Å². The molecule has 26 heavy (non-hydrogen) atoms. The maximum Gasteiger partial charge on any atom is 0.282 e. The third kappa shape index (κ3) is 4.76. The maximum atomic E-state index is 13.7. The predicted octanol–water partition coefficient (Wildman–Crippen LogP) is 4.71. The molecule has 0 aliphatic carbocycles. The number of hydrogen-bond donors (Lipinski definition) is 2. The molecule has 0 unspecified atom stereocenters. The van der Waals surface area contributed by atoms with Gasteiger partial charge >= 0.3 is 0 Å². The van der Waals surface area contributed by atoms with Crippen LogP contribution in [0.3, 0.4) is 0 Å². The number of nitrogens with two attached hydrogens (primary N) is 1. The summed E-state index contributed by atoms with van der Waals surface area (Å²) in [4.78, 5) is 12.6. The lowest BCUT2D eigenvalue weighted by molar-refractivity contribution is -0.709. The highest BCUT2D eigenvalue weighted by Gasteiger charge is 2.23. The van der Waals surface area contributed by atoms with Crippen molar-refractivity contribution in [3.05, 3.63) is 62.4 Å². The van der Waals surface area contributed by atoms with E-state index in [1.807, 2.05) is 52.1 Å². The van der Waals surface area contributed by atoms with Gasteiger partial charge in [-0.1, -0.05) is 40.9 Å². The standard InChI is InChI=1S/C20H23Cl2FN2O/c1-10-6-11(2)19(12(3)7-10)25-20(26)14(5)24-13(4)15-8-18(23)17(22)9-16(15)21/h6-9,13-14,24H,1-5H3,(H,25,26)/p+1/t13-,14-/m0/s1. The molecule has 2 aromatic rings. The summed E-state index contributed by atoms with van der Waals surface area (Å²) < 4.78 is 13.7. The monoisotopic (exact) mass is 397 g/mol. The molecule has 0 fully saturated rings. The second-order valence-corrected chi connectivity index (χ2v) is 7.63. The third-order valence-electron chi connectivity index (χ3n) is 4.45. The third-order valence-corrected chi connectivity index (χ3v) is 5.06. The van der Waals surface area contributed by atoms with Crippen LogP contribution in [0.1, 0.15) is 42.1 Å². The van der Waals surface area contributed by atoms with Crippen molar-refractivity contribution in [3.63, 3.8) is 0 Å². The Labute approximate surface area is 163 Å². The number of rotatable bonds is 5. The molecule has 0 aromatic heterocycles. The van der Waals surface area contributed by atoms with E-state index in [1.54, 1.807) is 0 Å². The number of aryl methyl sites for hydroxylation is 3. The average molecular weight is 398 g/mol. The molecule has 0 aliphatic heterocycles. The first-order valence-corrected chi connectivity index (χ1v) is 9.24. The minimum Gasteiger partial charge on any atom is -0.330 e. The quantitative estimate of drug-likeness (QED) is 0.704. The lowest BCUT2D eigenvalue weighted by Crippen LogP contribution is -2.91. The van der Waals surface area contributed by atoms with Gasteiger partial charge in [-0.2, -0.15) is 0 Å². The molecule has 0 saturated carbocycles. The molecule has 2 atom stereocenters. The van der Waals surface area contributed by atoms with E-state index in [9.17, 15) is 9.18 Å². The molecule has 0 spiro atoms. The summed E-state index contributed by atoms with van der Waals surface area (Å²) in [6.07, 6.45) is 0. The van der Waals surface area contributed by atoms with Crippen molar-refractivity contribution in [2.24, 2.45) is 0 Å². The number of benzene rings is 2.